The summed E-state index contributed by atoms with van der Waals surface area (Å²) < 4.78 is 11.7. The van der Waals surface area contributed by atoms with Crippen LogP contribution in [0.15, 0.2) is 72.9 Å². The van der Waals surface area contributed by atoms with E-state index in [1.807, 2.05) is 37.4 Å². The van der Waals surface area contributed by atoms with E-state index in [1.54, 1.807) is 42.6 Å². The Morgan fingerprint density at radius 3 is 2.50 bits per heavy atom. The summed E-state index contributed by atoms with van der Waals surface area (Å²) in [5.74, 6) is 0.0750. The summed E-state index contributed by atoms with van der Waals surface area (Å²) in [5.41, 5.74) is 1.23. The first-order chi connectivity index (χ1) is 17.5. The maximum atomic E-state index is 13.4. The molecule has 0 bridgehead atoms. The summed E-state index contributed by atoms with van der Waals surface area (Å²) in [7, 11) is 2.05. The number of amides is 1. The predicted octanol–water partition coefficient (Wildman–Crippen LogP) is 4.75. The molecule has 1 N–H and O–H groups in total. The smallest absolute Gasteiger partial charge is 0.257 e. The molecule has 7 nitrogen and oxygen atoms in total. The zero-order valence-electron chi connectivity index (χ0n) is 20.2. The molecule has 3 aromatic rings. The molecule has 36 heavy (non-hydrogen) atoms. The Bertz CT molecular complexity index is 1150. The van der Waals surface area contributed by atoms with E-state index in [-0.39, 0.29) is 29.8 Å². The minimum Gasteiger partial charge on any atom is -0.438 e. The normalized spacial score (nSPS) is 15.3. The van der Waals surface area contributed by atoms with Crippen LogP contribution in [0.4, 0.5) is 0 Å². The Morgan fingerprint density at radius 2 is 1.78 bits per heavy atom. The van der Waals surface area contributed by atoms with Gasteiger partial charge in [-0.3, -0.25) is 9.59 Å². The average Bonchev–Trinajstić information content (AvgIpc) is 2.90. The van der Waals surface area contributed by atoms with Crippen molar-refractivity contribution < 1.29 is 19.1 Å². The highest BCUT2D eigenvalue weighted by molar-refractivity contribution is 6.30. The van der Waals surface area contributed by atoms with Gasteiger partial charge in [-0.2, -0.15) is 0 Å². The molecule has 2 aromatic carbocycles. The van der Waals surface area contributed by atoms with Crippen molar-refractivity contribution in [3.63, 3.8) is 0 Å². The molecule has 1 saturated heterocycles. The van der Waals surface area contributed by atoms with Crippen LogP contribution in [-0.4, -0.2) is 54.4 Å². The van der Waals surface area contributed by atoms with Crippen molar-refractivity contribution in [2.24, 2.45) is 5.92 Å². The van der Waals surface area contributed by atoms with Gasteiger partial charge < -0.3 is 19.7 Å². The van der Waals surface area contributed by atoms with E-state index in [4.69, 9.17) is 21.1 Å². The number of hydrogen-bond acceptors (Lipinski definition) is 6. The number of Topliss-reactive ketones (excluding diaryl/α,β-unsaturated/α-hetero) is 1. The second-order valence-electron chi connectivity index (χ2n) is 8.92. The highest BCUT2D eigenvalue weighted by Gasteiger charge is 2.31. The lowest BCUT2D eigenvalue weighted by Crippen LogP contribution is -2.48. The van der Waals surface area contributed by atoms with Crippen molar-refractivity contribution in [2.45, 2.75) is 25.5 Å². The van der Waals surface area contributed by atoms with Crippen LogP contribution < -0.4 is 10.1 Å². The number of pyridine rings is 1. The summed E-state index contributed by atoms with van der Waals surface area (Å²) >= 11 is 5.95. The van der Waals surface area contributed by atoms with E-state index >= 15 is 0 Å². The average molecular weight is 508 g/mol. The van der Waals surface area contributed by atoms with Gasteiger partial charge in [0.25, 0.3) is 5.91 Å². The SMILES string of the molecule is CN1CCC(C(=O)[C@@H](COCc2ccccc2)NC(=O)c2cccnc2Oc2ccc(Cl)cc2)CC1. The van der Waals surface area contributed by atoms with Crippen molar-refractivity contribution in [2.75, 3.05) is 26.7 Å². The number of nitrogens with one attached hydrogen (secondary N) is 1. The number of carbonyl (C=O) groups excluding carboxylic acids is 2. The molecule has 1 aliphatic heterocycles. The second-order valence-corrected chi connectivity index (χ2v) is 9.36. The summed E-state index contributed by atoms with van der Waals surface area (Å²) in [6.45, 7) is 2.14. The van der Waals surface area contributed by atoms with E-state index in [9.17, 15) is 9.59 Å². The highest BCUT2D eigenvalue weighted by Crippen LogP contribution is 2.25. The van der Waals surface area contributed by atoms with Gasteiger partial charge in [-0.1, -0.05) is 41.9 Å². The number of benzene rings is 2. The van der Waals surface area contributed by atoms with E-state index in [0.29, 0.717) is 17.4 Å². The van der Waals surface area contributed by atoms with Gasteiger partial charge in [0.15, 0.2) is 5.78 Å². The van der Waals surface area contributed by atoms with Crippen LogP contribution in [0.5, 0.6) is 11.6 Å². The molecule has 0 aliphatic carbocycles. The molecule has 188 valence electrons. The molecule has 0 radical (unpaired) electrons. The fraction of sp³-hybridized carbons (Fsp3) is 0.321. The summed E-state index contributed by atoms with van der Waals surface area (Å²) in [6, 6.07) is 19.0. The molecule has 1 fully saturated rings. The summed E-state index contributed by atoms with van der Waals surface area (Å²) in [4.78, 5) is 33.2. The van der Waals surface area contributed by atoms with Gasteiger partial charge in [0.1, 0.15) is 17.4 Å². The molecular weight excluding hydrogens is 478 g/mol. The minimum absolute atomic E-state index is 0.00595. The highest BCUT2D eigenvalue weighted by atomic mass is 35.5. The molecule has 1 aliphatic rings. The number of ether oxygens (including phenoxy) is 2. The van der Waals surface area contributed by atoms with Crippen molar-refractivity contribution in [1.29, 1.82) is 0 Å². The van der Waals surface area contributed by atoms with Gasteiger partial charge in [0.05, 0.1) is 13.2 Å². The van der Waals surface area contributed by atoms with Gasteiger partial charge >= 0.3 is 0 Å². The molecule has 4 rings (SSSR count). The monoisotopic (exact) mass is 507 g/mol. The number of halogens is 1. The quantitative estimate of drug-likeness (QED) is 0.426. The minimum atomic E-state index is -0.779. The number of likely N-dealkylation sites (tertiary alicyclic amines) is 1. The summed E-state index contributed by atoms with van der Waals surface area (Å²) in [6.07, 6.45) is 3.07. The van der Waals surface area contributed by atoms with Crippen LogP contribution in [0.3, 0.4) is 0 Å². The Kier molecular flexibility index (Phi) is 9.06. The topological polar surface area (TPSA) is 80.8 Å². The van der Waals surface area contributed by atoms with Gasteiger partial charge in [-0.15, -0.1) is 0 Å². The van der Waals surface area contributed by atoms with Crippen molar-refractivity contribution in [1.82, 2.24) is 15.2 Å². The van der Waals surface area contributed by atoms with Crippen molar-refractivity contribution in [3.05, 3.63) is 89.1 Å². The third kappa shape index (κ3) is 7.13. The zero-order chi connectivity index (χ0) is 25.3. The maximum absolute atomic E-state index is 13.4. The lowest BCUT2D eigenvalue weighted by atomic mass is 9.89. The molecule has 0 saturated carbocycles. The number of hydrogen-bond donors (Lipinski definition) is 1. The Morgan fingerprint density at radius 1 is 1.06 bits per heavy atom. The number of piperidine rings is 1. The van der Waals surface area contributed by atoms with E-state index < -0.39 is 11.9 Å². The molecule has 8 heteroatoms. The third-order valence-electron chi connectivity index (χ3n) is 6.21. The molecule has 1 atom stereocenters. The molecular formula is C28H30ClN3O4. The third-order valence-corrected chi connectivity index (χ3v) is 6.46. The number of aromatic nitrogens is 1. The fourth-order valence-corrected chi connectivity index (χ4v) is 4.26. The lowest BCUT2D eigenvalue weighted by Gasteiger charge is -2.30. The van der Waals surface area contributed by atoms with Gasteiger partial charge in [0.2, 0.25) is 5.88 Å². The van der Waals surface area contributed by atoms with Crippen LogP contribution in [-0.2, 0) is 16.1 Å². The standard InChI is InChI=1S/C28H30ClN3O4/c1-32-16-13-21(14-17-32)26(33)25(19-35-18-20-6-3-2-4-7-20)31-27(34)24-8-5-15-30-28(24)36-23-11-9-22(29)10-12-23/h2-12,15,21,25H,13-14,16-19H2,1H3,(H,31,34)/t25-/m1/s1. The van der Waals surface area contributed by atoms with Crippen LogP contribution in [0.25, 0.3) is 0 Å². The van der Waals surface area contributed by atoms with Crippen LogP contribution in [0.1, 0.15) is 28.8 Å². The maximum Gasteiger partial charge on any atom is 0.257 e. The van der Waals surface area contributed by atoms with E-state index in [2.05, 4.69) is 15.2 Å². The predicted molar refractivity (Wildman–Crippen MR) is 138 cm³/mol. The molecule has 0 unspecified atom stereocenters. The Labute approximate surface area is 216 Å². The van der Waals surface area contributed by atoms with E-state index in [0.717, 1.165) is 31.5 Å². The largest absolute Gasteiger partial charge is 0.438 e. The fourth-order valence-electron chi connectivity index (χ4n) is 4.14. The first-order valence-electron chi connectivity index (χ1n) is 12.0. The lowest BCUT2D eigenvalue weighted by molar-refractivity contribution is -0.127. The second kappa shape index (κ2) is 12.6. The molecule has 1 aromatic heterocycles. The van der Waals surface area contributed by atoms with Gasteiger partial charge in [-0.25, -0.2) is 4.98 Å². The molecule has 1 amide bonds. The van der Waals surface area contributed by atoms with E-state index in [1.165, 1.54) is 0 Å². The number of nitrogens with zero attached hydrogens (tertiary/aromatic N) is 2. The van der Waals surface area contributed by atoms with Crippen LogP contribution in [0, 0.1) is 5.92 Å². The molecule has 2 heterocycles. The van der Waals surface area contributed by atoms with Gasteiger partial charge in [0, 0.05) is 17.1 Å². The first-order valence-corrected chi connectivity index (χ1v) is 12.4. The van der Waals surface area contributed by atoms with Crippen molar-refractivity contribution >= 4 is 23.3 Å². The summed E-state index contributed by atoms with van der Waals surface area (Å²) in [5, 5.41) is 3.47. The number of ketones is 1. The Balaban J connectivity index is 1.48. The van der Waals surface area contributed by atoms with Crippen LogP contribution >= 0.6 is 11.6 Å². The van der Waals surface area contributed by atoms with Crippen molar-refractivity contribution in [3.8, 4) is 11.6 Å². The Hall–Kier alpha value is -3.26. The number of rotatable bonds is 10. The zero-order valence-corrected chi connectivity index (χ0v) is 21.0. The van der Waals surface area contributed by atoms with Gasteiger partial charge in [-0.05, 0) is 74.9 Å². The number of carbonyl (C=O) groups is 2. The molecule has 0 spiro atoms. The van der Waals surface area contributed by atoms with Crippen LogP contribution in [0.2, 0.25) is 5.02 Å². The first kappa shape index (κ1) is 25.8.